The van der Waals surface area contributed by atoms with Gasteiger partial charge in [-0.15, -0.1) is 0 Å². The maximum Gasteiger partial charge on any atom is 0.223 e. The van der Waals surface area contributed by atoms with Crippen molar-refractivity contribution in [3.63, 3.8) is 0 Å². The van der Waals surface area contributed by atoms with E-state index in [1.165, 1.54) is 0 Å². The summed E-state index contributed by atoms with van der Waals surface area (Å²) in [5.74, 6) is 1.71. The summed E-state index contributed by atoms with van der Waals surface area (Å²) in [6.45, 7) is 4.91. The Morgan fingerprint density at radius 2 is 2.10 bits per heavy atom. The molecule has 1 aromatic rings. The van der Waals surface area contributed by atoms with E-state index in [4.69, 9.17) is 9.47 Å². The minimum atomic E-state index is 0.135. The van der Waals surface area contributed by atoms with Crippen LogP contribution < -0.4 is 20.1 Å². The fourth-order valence-electron chi connectivity index (χ4n) is 2.51. The highest BCUT2D eigenvalue weighted by molar-refractivity contribution is 5.78. The predicted octanol–water partition coefficient (Wildman–Crippen LogP) is 1.71. The molecule has 0 aliphatic carbocycles. The smallest absolute Gasteiger partial charge is 0.223 e. The van der Waals surface area contributed by atoms with Gasteiger partial charge in [0.25, 0.3) is 0 Å². The maximum absolute atomic E-state index is 12.1. The van der Waals surface area contributed by atoms with Crippen LogP contribution in [0.1, 0.15) is 25.3 Å². The monoisotopic (exact) mass is 292 g/mol. The Morgan fingerprint density at radius 3 is 2.76 bits per heavy atom. The van der Waals surface area contributed by atoms with E-state index in [-0.39, 0.29) is 11.8 Å². The van der Waals surface area contributed by atoms with E-state index in [1.807, 2.05) is 25.1 Å². The fraction of sp³-hybridized carbons (Fsp3) is 0.562. The van der Waals surface area contributed by atoms with Crippen molar-refractivity contribution in [2.24, 2.45) is 5.92 Å². The molecule has 0 aromatic heterocycles. The summed E-state index contributed by atoms with van der Waals surface area (Å²) in [7, 11) is 1.62. The lowest BCUT2D eigenvalue weighted by Gasteiger charge is -2.21. The summed E-state index contributed by atoms with van der Waals surface area (Å²) in [5, 5.41) is 6.27. The van der Waals surface area contributed by atoms with Crippen LogP contribution in [0.5, 0.6) is 11.5 Å². The summed E-state index contributed by atoms with van der Waals surface area (Å²) >= 11 is 0. The molecule has 1 aliphatic rings. The van der Waals surface area contributed by atoms with Crippen LogP contribution in [0.15, 0.2) is 18.2 Å². The molecule has 0 spiro atoms. The van der Waals surface area contributed by atoms with Crippen LogP contribution in [0.3, 0.4) is 0 Å². The van der Waals surface area contributed by atoms with Gasteiger partial charge in [0, 0.05) is 12.5 Å². The van der Waals surface area contributed by atoms with Crippen LogP contribution in [0, 0.1) is 5.92 Å². The first-order valence-electron chi connectivity index (χ1n) is 7.52. The second-order valence-corrected chi connectivity index (χ2v) is 5.16. The molecule has 1 saturated heterocycles. The Kier molecular flexibility index (Phi) is 5.87. The van der Waals surface area contributed by atoms with Crippen molar-refractivity contribution in [1.82, 2.24) is 10.6 Å². The molecule has 1 aromatic carbocycles. The number of methoxy groups -OCH3 is 1. The Labute approximate surface area is 126 Å². The lowest BCUT2D eigenvalue weighted by molar-refractivity contribution is -0.125. The number of benzene rings is 1. The molecule has 0 unspecified atom stereocenters. The number of amides is 1. The molecule has 1 amide bonds. The lowest BCUT2D eigenvalue weighted by Crippen LogP contribution is -2.37. The first-order valence-corrected chi connectivity index (χ1v) is 7.52. The molecule has 0 radical (unpaired) electrons. The molecule has 0 atom stereocenters. The second kappa shape index (κ2) is 7.88. The molecule has 2 N–H and O–H groups in total. The second-order valence-electron chi connectivity index (χ2n) is 5.16. The zero-order valence-electron chi connectivity index (χ0n) is 12.8. The normalized spacial score (nSPS) is 15.5. The van der Waals surface area contributed by atoms with E-state index in [2.05, 4.69) is 10.6 Å². The molecule has 0 bridgehead atoms. The highest BCUT2D eigenvalue weighted by atomic mass is 16.5. The number of hydrogen-bond acceptors (Lipinski definition) is 4. The molecular formula is C16H24N2O3. The molecule has 1 aliphatic heterocycles. The van der Waals surface area contributed by atoms with Gasteiger partial charge in [-0.2, -0.15) is 0 Å². The predicted molar refractivity (Wildman–Crippen MR) is 81.6 cm³/mol. The van der Waals surface area contributed by atoms with Gasteiger partial charge in [0.1, 0.15) is 0 Å². The van der Waals surface area contributed by atoms with Crippen molar-refractivity contribution in [3.05, 3.63) is 23.8 Å². The first kappa shape index (κ1) is 15.6. The quantitative estimate of drug-likeness (QED) is 0.838. The number of carbonyl (C=O) groups is 1. The average Bonchev–Trinajstić information content (AvgIpc) is 2.54. The molecule has 116 valence electrons. The summed E-state index contributed by atoms with van der Waals surface area (Å²) in [6.07, 6.45) is 1.83. The Morgan fingerprint density at radius 1 is 1.33 bits per heavy atom. The fourth-order valence-corrected chi connectivity index (χ4v) is 2.51. The van der Waals surface area contributed by atoms with Crippen LogP contribution in [-0.4, -0.2) is 32.7 Å². The molecule has 0 saturated carbocycles. The van der Waals surface area contributed by atoms with Gasteiger partial charge in [-0.05, 0) is 50.6 Å². The number of hydrogen-bond donors (Lipinski definition) is 2. The van der Waals surface area contributed by atoms with Gasteiger partial charge in [0.05, 0.1) is 13.7 Å². The maximum atomic E-state index is 12.1. The van der Waals surface area contributed by atoms with E-state index in [0.717, 1.165) is 37.2 Å². The summed E-state index contributed by atoms with van der Waals surface area (Å²) in [6, 6.07) is 5.75. The molecule has 21 heavy (non-hydrogen) atoms. The summed E-state index contributed by atoms with van der Waals surface area (Å²) in [5.41, 5.74) is 1.01. The lowest BCUT2D eigenvalue weighted by atomic mass is 9.97. The van der Waals surface area contributed by atoms with Gasteiger partial charge in [0.2, 0.25) is 5.91 Å². The highest BCUT2D eigenvalue weighted by Crippen LogP contribution is 2.28. The van der Waals surface area contributed by atoms with Crippen LogP contribution in [0.2, 0.25) is 0 Å². The molecule has 5 heteroatoms. The van der Waals surface area contributed by atoms with Gasteiger partial charge < -0.3 is 20.1 Å². The molecule has 1 fully saturated rings. The SMILES string of the molecule is CCOc1ccc(CNC(=O)C2CCNCC2)cc1OC. The average molecular weight is 292 g/mol. The van der Waals surface area contributed by atoms with E-state index < -0.39 is 0 Å². The minimum Gasteiger partial charge on any atom is -0.493 e. The Bertz CT molecular complexity index is 471. The third kappa shape index (κ3) is 4.36. The van der Waals surface area contributed by atoms with Crippen LogP contribution in [0.25, 0.3) is 0 Å². The van der Waals surface area contributed by atoms with Gasteiger partial charge in [-0.25, -0.2) is 0 Å². The van der Waals surface area contributed by atoms with Gasteiger partial charge in [-0.3, -0.25) is 4.79 Å². The third-order valence-corrected chi connectivity index (χ3v) is 3.70. The zero-order chi connectivity index (χ0) is 15.1. The van der Waals surface area contributed by atoms with Crippen molar-refractivity contribution in [2.45, 2.75) is 26.3 Å². The van der Waals surface area contributed by atoms with E-state index in [9.17, 15) is 4.79 Å². The van der Waals surface area contributed by atoms with E-state index >= 15 is 0 Å². The third-order valence-electron chi connectivity index (χ3n) is 3.70. The minimum absolute atomic E-state index is 0.135. The molecular weight excluding hydrogens is 268 g/mol. The van der Waals surface area contributed by atoms with E-state index in [0.29, 0.717) is 18.9 Å². The van der Waals surface area contributed by atoms with Crippen molar-refractivity contribution in [1.29, 1.82) is 0 Å². The number of ether oxygens (including phenoxy) is 2. The number of rotatable bonds is 6. The van der Waals surface area contributed by atoms with Gasteiger partial charge in [-0.1, -0.05) is 6.07 Å². The van der Waals surface area contributed by atoms with Crippen molar-refractivity contribution in [3.8, 4) is 11.5 Å². The Balaban J connectivity index is 1.91. The van der Waals surface area contributed by atoms with Crippen molar-refractivity contribution >= 4 is 5.91 Å². The van der Waals surface area contributed by atoms with Gasteiger partial charge >= 0.3 is 0 Å². The Hall–Kier alpha value is -1.75. The van der Waals surface area contributed by atoms with Crippen LogP contribution in [-0.2, 0) is 11.3 Å². The standard InChI is InChI=1S/C16H24N2O3/c1-3-21-14-5-4-12(10-15(14)20-2)11-18-16(19)13-6-8-17-9-7-13/h4-5,10,13,17H,3,6-9,11H2,1-2H3,(H,18,19). The van der Waals surface area contributed by atoms with E-state index in [1.54, 1.807) is 7.11 Å². The largest absolute Gasteiger partial charge is 0.493 e. The van der Waals surface area contributed by atoms with Gasteiger partial charge in [0.15, 0.2) is 11.5 Å². The molecule has 5 nitrogen and oxygen atoms in total. The number of nitrogens with one attached hydrogen (secondary N) is 2. The van der Waals surface area contributed by atoms with Crippen LogP contribution >= 0.6 is 0 Å². The van der Waals surface area contributed by atoms with Crippen molar-refractivity contribution < 1.29 is 14.3 Å². The highest BCUT2D eigenvalue weighted by Gasteiger charge is 2.20. The number of carbonyl (C=O) groups excluding carboxylic acids is 1. The molecule has 1 heterocycles. The summed E-state index contributed by atoms with van der Waals surface area (Å²) < 4.78 is 10.8. The number of piperidine rings is 1. The summed E-state index contributed by atoms with van der Waals surface area (Å²) in [4.78, 5) is 12.1. The van der Waals surface area contributed by atoms with Crippen molar-refractivity contribution in [2.75, 3.05) is 26.8 Å². The zero-order valence-corrected chi connectivity index (χ0v) is 12.8. The topological polar surface area (TPSA) is 59.6 Å². The first-order chi connectivity index (χ1) is 10.2. The van der Waals surface area contributed by atoms with Crippen LogP contribution in [0.4, 0.5) is 0 Å². The molecule has 2 rings (SSSR count).